The lowest BCUT2D eigenvalue weighted by atomic mass is 9.98. The summed E-state index contributed by atoms with van der Waals surface area (Å²) in [6.07, 6.45) is 2.83. The topological polar surface area (TPSA) is 52.3 Å². The van der Waals surface area contributed by atoms with Gasteiger partial charge in [-0.1, -0.05) is 25.3 Å². The summed E-state index contributed by atoms with van der Waals surface area (Å²) in [7, 11) is 1.25. The molecule has 4 heteroatoms. The number of carbonyl (C=O) groups excluding carboxylic acids is 1. The number of carbonyl (C=O) groups is 1. The van der Waals surface area contributed by atoms with Crippen LogP contribution in [0.3, 0.4) is 0 Å². The SMILES string of the molecule is C=C/C=C(\C(=C)F)c1cc(N)ccc1C(=O)OC. The standard InChI is InChI=1S/C14H14FNO2/c1-4-5-11(9(2)15)13-8-10(16)6-7-12(13)14(17)18-3/h4-8H,1-2,16H2,3H3/b11-5+. The van der Waals surface area contributed by atoms with Crippen molar-refractivity contribution in [2.45, 2.75) is 0 Å². The van der Waals surface area contributed by atoms with Gasteiger partial charge in [-0.05, 0) is 18.2 Å². The Morgan fingerprint density at radius 3 is 2.61 bits per heavy atom. The van der Waals surface area contributed by atoms with Crippen molar-refractivity contribution in [2.75, 3.05) is 12.8 Å². The number of halogens is 1. The normalized spacial score (nSPS) is 10.9. The molecule has 1 aromatic rings. The Morgan fingerprint density at radius 1 is 1.44 bits per heavy atom. The zero-order valence-corrected chi connectivity index (χ0v) is 10.1. The molecule has 3 nitrogen and oxygen atoms in total. The van der Waals surface area contributed by atoms with E-state index < -0.39 is 11.8 Å². The molecule has 0 aromatic heterocycles. The van der Waals surface area contributed by atoms with E-state index in [9.17, 15) is 9.18 Å². The molecule has 0 aliphatic carbocycles. The molecule has 0 unspecified atom stereocenters. The van der Waals surface area contributed by atoms with Crippen molar-refractivity contribution in [2.24, 2.45) is 0 Å². The first-order valence-corrected chi connectivity index (χ1v) is 5.17. The van der Waals surface area contributed by atoms with Gasteiger partial charge < -0.3 is 10.5 Å². The minimum Gasteiger partial charge on any atom is -0.465 e. The zero-order valence-electron chi connectivity index (χ0n) is 10.1. The van der Waals surface area contributed by atoms with E-state index >= 15 is 0 Å². The van der Waals surface area contributed by atoms with Crippen LogP contribution < -0.4 is 5.73 Å². The number of benzene rings is 1. The predicted octanol–water partition coefficient (Wildman–Crippen LogP) is 3.11. The Bertz CT molecular complexity index is 533. The third-order valence-electron chi connectivity index (χ3n) is 2.32. The van der Waals surface area contributed by atoms with E-state index in [4.69, 9.17) is 5.73 Å². The van der Waals surface area contributed by atoms with E-state index in [2.05, 4.69) is 17.9 Å². The summed E-state index contributed by atoms with van der Waals surface area (Å²) in [6, 6.07) is 4.52. The van der Waals surface area contributed by atoms with Crippen LogP contribution in [0.25, 0.3) is 5.57 Å². The van der Waals surface area contributed by atoms with E-state index in [0.29, 0.717) is 11.3 Å². The minimum atomic E-state index is -0.675. The smallest absolute Gasteiger partial charge is 0.338 e. The van der Waals surface area contributed by atoms with Crippen LogP contribution in [0.1, 0.15) is 15.9 Å². The van der Waals surface area contributed by atoms with Crippen molar-refractivity contribution >= 4 is 17.2 Å². The molecule has 0 radical (unpaired) electrons. The highest BCUT2D eigenvalue weighted by atomic mass is 19.1. The maximum absolute atomic E-state index is 13.4. The summed E-state index contributed by atoms with van der Waals surface area (Å²) >= 11 is 0. The summed E-state index contributed by atoms with van der Waals surface area (Å²) in [6.45, 7) is 6.72. The molecule has 0 bridgehead atoms. The van der Waals surface area contributed by atoms with Crippen molar-refractivity contribution < 1.29 is 13.9 Å². The number of hydrogen-bond acceptors (Lipinski definition) is 3. The Morgan fingerprint density at radius 2 is 2.11 bits per heavy atom. The second-order valence-corrected chi connectivity index (χ2v) is 3.52. The lowest BCUT2D eigenvalue weighted by Gasteiger charge is -2.10. The van der Waals surface area contributed by atoms with Gasteiger partial charge in [-0.2, -0.15) is 0 Å². The minimum absolute atomic E-state index is 0.151. The van der Waals surface area contributed by atoms with Crippen LogP contribution >= 0.6 is 0 Å². The molecule has 0 heterocycles. The van der Waals surface area contributed by atoms with E-state index in [1.165, 1.54) is 31.4 Å². The van der Waals surface area contributed by atoms with E-state index in [1.54, 1.807) is 6.07 Å². The summed E-state index contributed by atoms with van der Waals surface area (Å²) in [5, 5.41) is 0. The first-order valence-electron chi connectivity index (χ1n) is 5.17. The van der Waals surface area contributed by atoms with E-state index in [-0.39, 0.29) is 11.1 Å². The van der Waals surface area contributed by atoms with Gasteiger partial charge in [0.1, 0.15) is 5.83 Å². The summed E-state index contributed by atoms with van der Waals surface area (Å²) in [4.78, 5) is 11.6. The fourth-order valence-electron chi connectivity index (χ4n) is 1.52. The van der Waals surface area contributed by atoms with Gasteiger partial charge in [0.2, 0.25) is 0 Å². The third-order valence-corrected chi connectivity index (χ3v) is 2.32. The summed E-state index contributed by atoms with van der Waals surface area (Å²) in [5.74, 6) is -1.24. The molecule has 0 saturated heterocycles. The second-order valence-electron chi connectivity index (χ2n) is 3.52. The van der Waals surface area contributed by atoms with Crippen molar-refractivity contribution in [1.82, 2.24) is 0 Å². The van der Waals surface area contributed by atoms with Crippen LogP contribution in [0.15, 0.2) is 49.3 Å². The molecular weight excluding hydrogens is 233 g/mol. The van der Waals surface area contributed by atoms with Gasteiger partial charge >= 0.3 is 5.97 Å². The van der Waals surface area contributed by atoms with Crippen LogP contribution in [0, 0.1) is 0 Å². The molecule has 0 aliphatic heterocycles. The molecule has 1 aromatic carbocycles. The highest BCUT2D eigenvalue weighted by Gasteiger charge is 2.16. The van der Waals surface area contributed by atoms with Crippen LogP contribution in [0.2, 0.25) is 0 Å². The molecule has 1 rings (SSSR count). The predicted molar refractivity (Wildman–Crippen MR) is 70.6 cm³/mol. The van der Waals surface area contributed by atoms with Crippen LogP contribution in [-0.2, 0) is 4.74 Å². The average molecular weight is 247 g/mol. The first-order chi connectivity index (χ1) is 8.51. The third kappa shape index (κ3) is 2.85. The number of rotatable bonds is 4. The Kier molecular flexibility index (Phi) is 4.43. The fraction of sp³-hybridized carbons (Fsp3) is 0.0714. The number of esters is 1. The number of hydrogen-bond donors (Lipinski definition) is 1. The van der Waals surface area contributed by atoms with Crippen LogP contribution in [0.5, 0.6) is 0 Å². The maximum Gasteiger partial charge on any atom is 0.338 e. The summed E-state index contributed by atoms with van der Waals surface area (Å²) < 4.78 is 18.1. The van der Waals surface area contributed by atoms with Gasteiger partial charge in [-0.15, -0.1) is 0 Å². The number of ether oxygens (including phenoxy) is 1. The molecule has 0 atom stereocenters. The quantitative estimate of drug-likeness (QED) is 0.505. The Labute approximate surface area is 105 Å². The Balaban J connectivity index is 3.49. The van der Waals surface area contributed by atoms with Crippen LogP contribution in [0.4, 0.5) is 10.1 Å². The van der Waals surface area contributed by atoms with Crippen LogP contribution in [-0.4, -0.2) is 13.1 Å². The lowest BCUT2D eigenvalue weighted by molar-refractivity contribution is 0.0600. The average Bonchev–Trinajstić information content (AvgIpc) is 2.34. The van der Waals surface area contributed by atoms with Crippen molar-refractivity contribution in [3.63, 3.8) is 0 Å². The highest BCUT2D eigenvalue weighted by Crippen LogP contribution is 2.28. The van der Waals surface area contributed by atoms with Gasteiger partial charge in [0.25, 0.3) is 0 Å². The molecular formula is C14H14FNO2. The zero-order chi connectivity index (χ0) is 13.7. The summed E-state index contributed by atoms with van der Waals surface area (Å²) in [5.41, 5.74) is 6.76. The lowest BCUT2D eigenvalue weighted by Crippen LogP contribution is -2.06. The van der Waals surface area contributed by atoms with Gasteiger partial charge in [-0.25, -0.2) is 9.18 Å². The molecule has 0 spiro atoms. The number of nitrogen functional groups attached to an aromatic ring is 1. The van der Waals surface area contributed by atoms with Gasteiger partial charge in [0.05, 0.1) is 12.7 Å². The van der Waals surface area contributed by atoms with Crippen molar-refractivity contribution in [3.8, 4) is 0 Å². The fourth-order valence-corrected chi connectivity index (χ4v) is 1.52. The van der Waals surface area contributed by atoms with Crippen molar-refractivity contribution in [1.29, 1.82) is 0 Å². The molecule has 0 amide bonds. The largest absolute Gasteiger partial charge is 0.465 e. The number of allylic oxidation sites excluding steroid dienone is 4. The van der Waals surface area contributed by atoms with Gasteiger partial charge in [0, 0.05) is 16.8 Å². The first kappa shape index (κ1) is 13.7. The Hall–Kier alpha value is -2.36. The maximum atomic E-state index is 13.4. The number of anilines is 1. The van der Waals surface area contributed by atoms with Gasteiger partial charge in [0.15, 0.2) is 0 Å². The highest BCUT2D eigenvalue weighted by molar-refractivity contribution is 5.98. The van der Waals surface area contributed by atoms with E-state index in [0.717, 1.165) is 0 Å². The molecule has 18 heavy (non-hydrogen) atoms. The molecule has 0 saturated carbocycles. The van der Waals surface area contributed by atoms with E-state index in [1.807, 2.05) is 0 Å². The number of methoxy groups -OCH3 is 1. The van der Waals surface area contributed by atoms with Crippen molar-refractivity contribution in [3.05, 3.63) is 60.5 Å². The van der Waals surface area contributed by atoms with Gasteiger partial charge in [-0.3, -0.25) is 0 Å². The molecule has 0 fully saturated rings. The molecule has 0 aliphatic rings. The molecule has 2 N–H and O–H groups in total. The molecule has 94 valence electrons. The second kappa shape index (κ2) is 5.82. The number of nitrogens with two attached hydrogens (primary N) is 1. The monoisotopic (exact) mass is 247 g/mol.